The number of carbonyl (C=O) groups is 1. The van der Waals surface area contributed by atoms with Gasteiger partial charge in [-0.3, -0.25) is 4.79 Å². The van der Waals surface area contributed by atoms with E-state index in [9.17, 15) is 4.79 Å². The molecule has 0 unspecified atom stereocenters. The molecule has 4 aromatic rings. The topological polar surface area (TPSA) is 76.5 Å². The zero-order chi connectivity index (χ0) is 23.6. The quantitative estimate of drug-likeness (QED) is 0.152. The van der Waals surface area contributed by atoms with Crippen molar-refractivity contribution in [1.29, 1.82) is 0 Å². The Bertz CT molecular complexity index is 1250. The summed E-state index contributed by atoms with van der Waals surface area (Å²) in [7, 11) is 0. The van der Waals surface area contributed by atoms with Gasteiger partial charge >= 0.3 is 0 Å². The van der Waals surface area contributed by atoms with Gasteiger partial charge in [-0.2, -0.15) is 5.10 Å². The van der Waals surface area contributed by atoms with Gasteiger partial charge in [-0.05, 0) is 52.6 Å². The number of aromatic nitrogens is 2. The monoisotopic (exact) mass is 508 g/mol. The molecule has 9 heteroatoms. The SMILES string of the molecule is CCCOc1ccc(/C=N\NC(=O)CSc2nnc(SCc3cccc4ccccc34)s2)cc1. The number of carbonyl (C=O) groups excluding carboxylic acids is 1. The number of nitrogens with one attached hydrogen (secondary N) is 1. The van der Waals surface area contributed by atoms with Gasteiger partial charge in [0.25, 0.3) is 5.91 Å². The lowest BCUT2D eigenvalue weighted by atomic mass is 10.1. The number of amides is 1. The first-order valence-electron chi connectivity index (χ1n) is 10.8. The zero-order valence-corrected chi connectivity index (χ0v) is 21.1. The molecule has 0 spiro atoms. The minimum Gasteiger partial charge on any atom is -0.494 e. The predicted molar refractivity (Wildman–Crippen MR) is 142 cm³/mol. The van der Waals surface area contributed by atoms with E-state index in [1.54, 1.807) is 18.0 Å². The fraction of sp³-hybridized carbons (Fsp3) is 0.200. The van der Waals surface area contributed by atoms with Crippen LogP contribution < -0.4 is 10.2 Å². The molecule has 0 atom stereocenters. The number of thioether (sulfide) groups is 2. The van der Waals surface area contributed by atoms with Gasteiger partial charge in [-0.25, -0.2) is 5.43 Å². The number of hydrogen-bond donors (Lipinski definition) is 1. The van der Waals surface area contributed by atoms with E-state index in [2.05, 4.69) is 70.1 Å². The molecular weight excluding hydrogens is 485 g/mol. The Hall–Kier alpha value is -2.88. The van der Waals surface area contributed by atoms with E-state index in [1.165, 1.54) is 39.4 Å². The maximum atomic E-state index is 12.1. The molecule has 1 amide bonds. The van der Waals surface area contributed by atoms with Crippen LogP contribution >= 0.6 is 34.9 Å². The van der Waals surface area contributed by atoms with E-state index in [4.69, 9.17) is 4.74 Å². The average Bonchev–Trinajstić information content (AvgIpc) is 3.33. The van der Waals surface area contributed by atoms with Gasteiger partial charge < -0.3 is 4.74 Å². The summed E-state index contributed by atoms with van der Waals surface area (Å²) in [6.45, 7) is 2.76. The third-order valence-electron chi connectivity index (χ3n) is 4.70. The highest BCUT2D eigenvalue weighted by atomic mass is 32.2. The summed E-state index contributed by atoms with van der Waals surface area (Å²) in [5.74, 6) is 1.68. The van der Waals surface area contributed by atoms with Crippen LogP contribution in [0.5, 0.6) is 5.75 Å². The normalized spacial score (nSPS) is 11.2. The molecule has 0 saturated carbocycles. The van der Waals surface area contributed by atoms with Crippen LogP contribution in [0.2, 0.25) is 0 Å². The van der Waals surface area contributed by atoms with Crippen molar-refractivity contribution in [3.63, 3.8) is 0 Å². The highest BCUT2D eigenvalue weighted by Gasteiger charge is 2.09. The molecule has 1 N–H and O–H groups in total. The van der Waals surface area contributed by atoms with E-state index in [0.29, 0.717) is 6.61 Å². The molecular formula is C25H24N4O2S3. The molecule has 3 aromatic carbocycles. The summed E-state index contributed by atoms with van der Waals surface area (Å²) in [6.07, 6.45) is 2.58. The average molecular weight is 509 g/mol. The minimum absolute atomic E-state index is 0.190. The first-order valence-corrected chi connectivity index (χ1v) is 13.6. The van der Waals surface area contributed by atoms with Crippen LogP contribution in [0.25, 0.3) is 10.8 Å². The van der Waals surface area contributed by atoms with Gasteiger partial charge in [0, 0.05) is 5.75 Å². The fourth-order valence-electron chi connectivity index (χ4n) is 3.08. The van der Waals surface area contributed by atoms with E-state index in [1.807, 2.05) is 24.3 Å². The van der Waals surface area contributed by atoms with Gasteiger partial charge in [0.1, 0.15) is 5.75 Å². The summed E-state index contributed by atoms with van der Waals surface area (Å²) in [5, 5.41) is 15.0. The molecule has 1 aromatic heterocycles. The second-order valence-corrected chi connectivity index (χ2v) is 10.7. The lowest BCUT2D eigenvalue weighted by Gasteiger charge is -2.04. The third kappa shape index (κ3) is 7.06. The molecule has 0 aliphatic heterocycles. The minimum atomic E-state index is -0.190. The van der Waals surface area contributed by atoms with Gasteiger partial charge in [-0.15, -0.1) is 10.2 Å². The Morgan fingerprint density at radius 3 is 2.62 bits per heavy atom. The van der Waals surface area contributed by atoms with Crippen molar-refractivity contribution < 1.29 is 9.53 Å². The van der Waals surface area contributed by atoms with Gasteiger partial charge in [0.05, 0.1) is 18.6 Å². The van der Waals surface area contributed by atoms with Crippen molar-refractivity contribution in [3.05, 3.63) is 77.9 Å². The van der Waals surface area contributed by atoms with Crippen molar-refractivity contribution in [2.24, 2.45) is 5.10 Å². The summed E-state index contributed by atoms with van der Waals surface area (Å²) >= 11 is 4.52. The van der Waals surface area contributed by atoms with Crippen molar-refractivity contribution in [3.8, 4) is 5.75 Å². The lowest BCUT2D eigenvalue weighted by Crippen LogP contribution is -2.19. The smallest absolute Gasteiger partial charge is 0.250 e. The second-order valence-electron chi connectivity index (χ2n) is 7.26. The maximum absolute atomic E-state index is 12.1. The van der Waals surface area contributed by atoms with Crippen molar-refractivity contribution >= 4 is 57.8 Å². The van der Waals surface area contributed by atoms with Gasteiger partial charge in [0.2, 0.25) is 0 Å². The molecule has 4 rings (SSSR count). The van der Waals surface area contributed by atoms with Crippen LogP contribution in [0.1, 0.15) is 24.5 Å². The molecule has 0 bridgehead atoms. The van der Waals surface area contributed by atoms with E-state index < -0.39 is 0 Å². The van der Waals surface area contributed by atoms with Crippen molar-refractivity contribution in [1.82, 2.24) is 15.6 Å². The van der Waals surface area contributed by atoms with Gasteiger partial charge in [-0.1, -0.05) is 84.2 Å². The number of rotatable bonds is 11. The van der Waals surface area contributed by atoms with Crippen LogP contribution in [-0.2, 0) is 10.5 Å². The Labute approximate surface area is 211 Å². The lowest BCUT2D eigenvalue weighted by molar-refractivity contribution is -0.118. The van der Waals surface area contributed by atoms with Crippen LogP contribution in [-0.4, -0.2) is 34.7 Å². The molecule has 174 valence electrons. The Balaban J connectivity index is 1.21. The summed E-state index contributed by atoms with van der Waals surface area (Å²) in [5.41, 5.74) is 4.70. The molecule has 0 fully saturated rings. The fourth-order valence-corrected chi connectivity index (χ4v) is 5.90. The molecule has 6 nitrogen and oxygen atoms in total. The highest BCUT2D eigenvalue weighted by Crippen LogP contribution is 2.32. The maximum Gasteiger partial charge on any atom is 0.250 e. The van der Waals surface area contributed by atoms with Gasteiger partial charge in [0.15, 0.2) is 8.68 Å². The Kier molecular flexibility index (Phi) is 8.95. The van der Waals surface area contributed by atoms with Crippen LogP contribution in [0.3, 0.4) is 0 Å². The molecule has 0 aliphatic rings. The molecule has 34 heavy (non-hydrogen) atoms. The molecule has 0 saturated heterocycles. The number of nitrogens with zero attached hydrogens (tertiary/aromatic N) is 3. The summed E-state index contributed by atoms with van der Waals surface area (Å²) in [4.78, 5) is 12.1. The van der Waals surface area contributed by atoms with Crippen LogP contribution in [0.4, 0.5) is 0 Å². The van der Waals surface area contributed by atoms with Crippen LogP contribution in [0.15, 0.2) is 80.5 Å². The van der Waals surface area contributed by atoms with E-state index in [0.717, 1.165) is 32.2 Å². The number of benzene rings is 3. The standard InChI is InChI=1S/C25H24N4O2S3/c1-2-14-31-21-12-10-18(11-13-21)15-26-27-23(30)17-33-25-29-28-24(34-25)32-16-20-8-5-7-19-6-3-4-9-22(19)20/h3-13,15H,2,14,16-17H2,1H3,(H,27,30)/b26-15-. The number of hydrogen-bond acceptors (Lipinski definition) is 8. The predicted octanol–water partition coefficient (Wildman–Crippen LogP) is 6.01. The molecule has 0 aliphatic carbocycles. The first-order chi connectivity index (χ1) is 16.7. The Morgan fingerprint density at radius 2 is 1.79 bits per heavy atom. The number of hydrazone groups is 1. The Morgan fingerprint density at radius 1 is 1.03 bits per heavy atom. The zero-order valence-electron chi connectivity index (χ0n) is 18.6. The summed E-state index contributed by atoms with van der Waals surface area (Å²) in [6, 6.07) is 22.3. The van der Waals surface area contributed by atoms with Crippen LogP contribution in [0, 0.1) is 0 Å². The molecule has 0 radical (unpaired) electrons. The number of fused-ring (bicyclic) bond motifs is 1. The highest BCUT2D eigenvalue weighted by molar-refractivity contribution is 8.03. The largest absolute Gasteiger partial charge is 0.494 e. The summed E-state index contributed by atoms with van der Waals surface area (Å²) < 4.78 is 7.21. The van der Waals surface area contributed by atoms with E-state index in [-0.39, 0.29) is 11.7 Å². The third-order valence-corrected chi connectivity index (χ3v) is 7.94. The van der Waals surface area contributed by atoms with Crippen molar-refractivity contribution in [2.75, 3.05) is 12.4 Å². The second kappa shape index (κ2) is 12.5. The molecule has 1 heterocycles. The first kappa shape index (κ1) is 24.3. The van der Waals surface area contributed by atoms with Crippen molar-refractivity contribution in [2.45, 2.75) is 27.8 Å². The number of ether oxygens (including phenoxy) is 1. The van der Waals surface area contributed by atoms with E-state index >= 15 is 0 Å².